The Morgan fingerprint density at radius 1 is 0.857 bits per heavy atom. The molecule has 1 aliphatic heterocycles. The van der Waals surface area contributed by atoms with Gasteiger partial charge in [-0.1, -0.05) is 60.7 Å². The number of carbonyl (C=O) groups excluding carboxylic acids is 1. The van der Waals surface area contributed by atoms with Gasteiger partial charge in [0.2, 0.25) is 0 Å². The predicted molar refractivity (Wildman–Crippen MR) is 82.0 cm³/mol. The molecule has 2 aromatic carbocycles. The molecular formula is C18H14N2O. The summed E-state index contributed by atoms with van der Waals surface area (Å²) in [4.78, 5) is 15.6. The zero-order chi connectivity index (χ0) is 14.2. The Morgan fingerprint density at radius 3 is 2.24 bits per heavy atom. The first-order chi connectivity index (χ1) is 10.3. The van der Waals surface area contributed by atoms with Crippen LogP contribution < -0.4 is 5.32 Å². The topological polar surface area (TPSA) is 44.9 Å². The Balaban J connectivity index is 1.83. The van der Waals surface area contributed by atoms with Gasteiger partial charge in [0, 0.05) is 11.8 Å². The molecule has 1 aromatic heterocycles. The molecule has 2 heterocycles. The summed E-state index contributed by atoms with van der Waals surface area (Å²) in [7, 11) is 0. The fourth-order valence-corrected chi connectivity index (χ4v) is 2.93. The molecule has 0 aliphatic carbocycles. The number of H-pyrrole nitrogens is 1. The molecule has 3 heteroatoms. The smallest absolute Gasteiger partial charge is 0.254 e. The minimum atomic E-state index is -0.0672. The molecule has 2 N–H and O–H groups in total. The minimum Gasteiger partial charge on any atom is -0.360 e. The second-order valence-corrected chi connectivity index (χ2v) is 5.18. The first-order valence-corrected chi connectivity index (χ1v) is 6.97. The Labute approximate surface area is 122 Å². The molecule has 1 atom stereocenters. The number of aromatic nitrogens is 1. The standard InChI is InChI=1S/C18H14N2O/c21-18-15-14(16(20-18)12-7-3-1-4-8-12)11-19-17(15)13-9-5-2-6-10-13/h1-11,16,19H,(H,20,21). The molecule has 3 aromatic rings. The summed E-state index contributed by atoms with van der Waals surface area (Å²) in [5, 5.41) is 3.07. The molecule has 0 saturated heterocycles. The number of hydrogen-bond acceptors (Lipinski definition) is 1. The van der Waals surface area contributed by atoms with Crippen molar-refractivity contribution in [3.05, 3.63) is 83.6 Å². The molecular weight excluding hydrogens is 260 g/mol. The minimum absolute atomic E-state index is 0.0149. The van der Waals surface area contributed by atoms with Crippen molar-refractivity contribution in [2.45, 2.75) is 6.04 Å². The number of rotatable bonds is 2. The normalized spacial score (nSPS) is 16.6. The van der Waals surface area contributed by atoms with Crippen LogP contribution in [0.4, 0.5) is 0 Å². The summed E-state index contributed by atoms with van der Waals surface area (Å²) in [6, 6.07) is 19.9. The van der Waals surface area contributed by atoms with Gasteiger partial charge >= 0.3 is 0 Å². The van der Waals surface area contributed by atoms with E-state index in [2.05, 4.69) is 10.3 Å². The third-order valence-corrected chi connectivity index (χ3v) is 3.92. The SMILES string of the molecule is O=C1NC(c2ccccc2)c2c[nH]c(-c3ccccc3)c21. The van der Waals surface area contributed by atoms with Gasteiger partial charge in [-0.2, -0.15) is 0 Å². The van der Waals surface area contributed by atoms with Gasteiger partial charge in [0.1, 0.15) is 0 Å². The molecule has 21 heavy (non-hydrogen) atoms. The van der Waals surface area contributed by atoms with Crippen molar-refractivity contribution in [2.24, 2.45) is 0 Å². The van der Waals surface area contributed by atoms with Crippen LogP contribution in [0.5, 0.6) is 0 Å². The Bertz CT molecular complexity index is 791. The lowest BCUT2D eigenvalue weighted by molar-refractivity contribution is 0.0961. The molecule has 0 fully saturated rings. The summed E-state index contributed by atoms with van der Waals surface area (Å²) in [6.45, 7) is 0. The summed E-state index contributed by atoms with van der Waals surface area (Å²) >= 11 is 0. The van der Waals surface area contributed by atoms with Crippen molar-refractivity contribution >= 4 is 5.91 Å². The van der Waals surface area contributed by atoms with Gasteiger partial charge in [-0.3, -0.25) is 4.79 Å². The van der Waals surface area contributed by atoms with Crippen LogP contribution in [0.25, 0.3) is 11.3 Å². The van der Waals surface area contributed by atoms with Crippen LogP contribution in [-0.4, -0.2) is 10.9 Å². The van der Waals surface area contributed by atoms with E-state index in [-0.39, 0.29) is 11.9 Å². The number of hydrogen-bond donors (Lipinski definition) is 2. The number of benzene rings is 2. The highest BCUT2D eigenvalue weighted by atomic mass is 16.2. The van der Waals surface area contributed by atoms with E-state index in [1.165, 1.54) is 0 Å². The van der Waals surface area contributed by atoms with E-state index in [4.69, 9.17) is 0 Å². The third kappa shape index (κ3) is 1.86. The second-order valence-electron chi connectivity index (χ2n) is 5.18. The molecule has 0 spiro atoms. The van der Waals surface area contributed by atoms with E-state index in [0.717, 1.165) is 27.9 Å². The monoisotopic (exact) mass is 274 g/mol. The van der Waals surface area contributed by atoms with E-state index in [1.807, 2.05) is 66.9 Å². The Hall–Kier alpha value is -2.81. The second kappa shape index (κ2) is 4.63. The lowest BCUT2D eigenvalue weighted by Gasteiger charge is -2.10. The summed E-state index contributed by atoms with van der Waals surface area (Å²) in [5.74, 6) is -0.0149. The van der Waals surface area contributed by atoms with Crippen LogP contribution in [0.15, 0.2) is 66.9 Å². The van der Waals surface area contributed by atoms with Crippen LogP contribution in [0.2, 0.25) is 0 Å². The van der Waals surface area contributed by atoms with Crippen LogP contribution in [0, 0.1) is 0 Å². The molecule has 102 valence electrons. The lowest BCUT2D eigenvalue weighted by atomic mass is 10.00. The van der Waals surface area contributed by atoms with Crippen LogP contribution >= 0.6 is 0 Å². The summed E-state index contributed by atoms with van der Waals surface area (Å²) in [6.07, 6.45) is 1.94. The van der Waals surface area contributed by atoms with E-state index in [0.29, 0.717) is 0 Å². The van der Waals surface area contributed by atoms with Crippen molar-refractivity contribution in [2.75, 3.05) is 0 Å². The van der Waals surface area contributed by atoms with Crippen molar-refractivity contribution in [1.29, 1.82) is 0 Å². The van der Waals surface area contributed by atoms with Crippen LogP contribution in [0.1, 0.15) is 27.5 Å². The maximum absolute atomic E-state index is 12.4. The van der Waals surface area contributed by atoms with Gasteiger partial charge in [0.25, 0.3) is 5.91 Å². The zero-order valence-corrected chi connectivity index (χ0v) is 11.3. The molecule has 1 aliphatic rings. The van der Waals surface area contributed by atoms with Gasteiger partial charge in [0.15, 0.2) is 0 Å². The number of amides is 1. The Kier molecular flexibility index (Phi) is 2.64. The van der Waals surface area contributed by atoms with E-state index in [9.17, 15) is 4.79 Å². The molecule has 0 radical (unpaired) electrons. The maximum Gasteiger partial charge on any atom is 0.254 e. The molecule has 3 nitrogen and oxygen atoms in total. The predicted octanol–water partition coefficient (Wildman–Crippen LogP) is 3.51. The molecule has 1 unspecified atom stereocenters. The molecule has 1 amide bonds. The van der Waals surface area contributed by atoms with Gasteiger partial charge in [-0.25, -0.2) is 0 Å². The van der Waals surface area contributed by atoms with Crippen molar-refractivity contribution in [3.8, 4) is 11.3 Å². The van der Waals surface area contributed by atoms with Gasteiger partial charge in [0.05, 0.1) is 17.3 Å². The average Bonchev–Trinajstić information content (AvgIpc) is 3.11. The summed E-state index contributed by atoms with van der Waals surface area (Å²) in [5.41, 5.74) is 4.80. The number of carbonyl (C=O) groups is 1. The highest BCUT2D eigenvalue weighted by molar-refractivity contribution is 6.05. The van der Waals surface area contributed by atoms with E-state index < -0.39 is 0 Å². The van der Waals surface area contributed by atoms with Crippen molar-refractivity contribution in [3.63, 3.8) is 0 Å². The Morgan fingerprint density at radius 2 is 1.52 bits per heavy atom. The van der Waals surface area contributed by atoms with Crippen LogP contribution in [0.3, 0.4) is 0 Å². The van der Waals surface area contributed by atoms with E-state index in [1.54, 1.807) is 0 Å². The van der Waals surface area contributed by atoms with Gasteiger partial charge in [-0.15, -0.1) is 0 Å². The lowest BCUT2D eigenvalue weighted by Crippen LogP contribution is -2.20. The largest absolute Gasteiger partial charge is 0.360 e. The van der Waals surface area contributed by atoms with Gasteiger partial charge < -0.3 is 10.3 Å². The van der Waals surface area contributed by atoms with Crippen molar-refractivity contribution in [1.82, 2.24) is 10.3 Å². The number of fused-ring (bicyclic) bond motifs is 1. The molecule has 0 saturated carbocycles. The van der Waals surface area contributed by atoms with Gasteiger partial charge in [-0.05, 0) is 11.1 Å². The fraction of sp³-hybridized carbons (Fsp3) is 0.0556. The highest BCUT2D eigenvalue weighted by Crippen LogP contribution is 2.36. The number of aromatic amines is 1. The first kappa shape index (κ1) is 12.0. The fourth-order valence-electron chi connectivity index (χ4n) is 2.93. The highest BCUT2D eigenvalue weighted by Gasteiger charge is 2.33. The van der Waals surface area contributed by atoms with Crippen LogP contribution in [-0.2, 0) is 0 Å². The number of nitrogens with one attached hydrogen (secondary N) is 2. The first-order valence-electron chi connectivity index (χ1n) is 6.97. The third-order valence-electron chi connectivity index (χ3n) is 3.92. The zero-order valence-electron chi connectivity index (χ0n) is 11.3. The average molecular weight is 274 g/mol. The molecule has 0 bridgehead atoms. The maximum atomic E-state index is 12.4. The summed E-state index contributed by atoms with van der Waals surface area (Å²) < 4.78 is 0. The quantitative estimate of drug-likeness (QED) is 0.738. The molecule has 4 rings (SSSR count). The van der Waals surface area contributed by atoms with Crippen molar-refractivity contribution < 1.29 is 4.79 Å². The van der Waals surface area contributed by atoms with E-state index >= 15 is 0 Å².